The average molecular weight is 468 g/mol. The van der Waals surface area contributed by atoms with Gasteiger partial charge < -0.3 is 9.47 Å². The summed E-state index contributed by atoms with van der Waals surface area (Å²) in [6, 6.07) is 4.23. The molecular formula is C23H22ClN5O2S. The molecule has 0 aliphatic heterocycles. The molecule has 1 fully saturated rings. The lowest BCUT2D eigenvalue weighted by Crippen LogP contribution is -1.99. The zero-order valence-corrected chi connectivity index (χ0v) is 19.8. The molecule has 0 bridgehead atoms. The van der Waals surface area contributed by atoms with Crippen molar-refractivity contribution in [2.45, 2.75) is 31.0 Å². The number of halogens is 1. The summed E-state index contributed by atoms with van der Waals surface area (Å²) in [5, 5.41) is 6.61. The number of pyridine rings is 1. The molecule has 7 nitrogen and oxygen atoms in total. The van der Waals surface area contributed by atoms with Crippen molar-refractivity contribution in [1.29, 1.82) is 0 Å². The summed E-state index contributed by atoms with van der Waals surface area (Å²) in [6.07, 6.45) is 10.0. The molecule has 0 spiro atoms. The normalized spacial score (nSPS) is 13.5. The SMILES string of the molecule is COc1cc(OC)c(Cl)c(-c2cc3cnc(SC)nc3c(-c3cnn(C4CC4)c3)n2)c1C. The number of fused-ring (bicyclic) bond motifs is 1. The summed E-state index contributed by atoms with van der Waals surface area (Å²) in [5.74, 6) is 1.21. The first-order valence-electron chi connectivity index (χ1n) is 10.2. The second-order valence-electron chi connectivity index (χ2n) is 7.69. The minimum Gasteiger partial charge on any atom is -0.496 e. The molecule has 164 valence electrons. The average Bonchev–Trinajstić information content (AvgIpc) is 3.55. The van der Waals surface area contributed by atoms with Crippen LogP contribution in [-0.2, 0) is 0 Å². The van der Waals surface area contributed by atoms with E-state index in [4.69, 9.17) is 31.0 Å². The molecule has 0 amide bonds. The van der Waals surface area contributed by atoms with E-state index in [1.807, 2.05) is 42.5 Å². The van der Waals surface area contributed by atoms with Gasteiger partial charge in [0.05, 0.1) is 37.2 Å². The highest BCUT2D eigenvalue weighted by Gasteiger charge is 2.26. The zero-order valence-electron chi connectivity index (χ0n) is 18.2. The lowest BCUT2D eigenvalue weighted by atomic mass is 10.0. The van der Waals surface area contributed by atoms with E-state index in [9.17, 15) is 0 Å². The second-order valence-corrected chi connectivity index (χ2v) is 8.84. The topological polar surface area (TPSA) is 75.0 Å². The molecule has 1 aliphatic rings. The standard InChI is InChI=1S/C23H22ClN5O2S/c1-12-17(30-2)8-18(31-3)20(24)19(12)16-7-13-9-25-23(32-4)28-21(13)22(27-16)14-10-26-29(11-14)15-5-6-15/h7-11,15H,5-6H2,1-4H3. The van der Waals surface area contributed by atoms with Gasteiger partial charge in [0, 0.05) is 40.5 Å². The largest absolute Gasteiger partial charge is 0.496 e. The molecule has 32 heavy (non-hydrogen) atoms. The van der Waals surface area contributed by atoms with E-state index < -0.39 is 0 Å². The summed E-state index contributed by atoms with van der Waals surface area (Å²) in [4.78, 5) is 14.3. The van der Waals surface area contributed by atoms with Crippen molar-refractivity contribution in [3.05, 3.63) is 41.3 Å². The van der Waals surface area contributed by atoms with E-state index >= 15 is 0 Å². The Morgan fingerprint density at radius 3 is 2.56 bits per heavy atom. The molecule has 4 aromatic rings. The molecule has 1 aliphatic carbocycles. The van der Waals surface area contributed by atoms with Gasteiger partial charge in [-0.05, 0) is 32.1 Å². The molecule has 0 saturated heterocycles. The van der Waals surface area contributed by atoms with Crippen molar-refractivity contribution in [2.75, 3.05) is 20.5 Å². The van der Waals surface area contributed by atoms with Crippen LogP contribution in [0, 0.1) is 6.92 Å². The monoisotopic (exact) mass is 467 g/mol. The lowest BCUT2D eigenvalue weighted by molar-refractivity contribution is 0.393. The molecule has 5 rings (SSSR count). The van der Waals surface area contributed by atoms with Gasteiger partial charge in [0.25, 0.3) is 0 Å². The first-order chi connectivity index (χ1) is 15.5. The number of hydrogen-bond acceptors (Lipinski definition) is 7. The summed E-state index contributed by atoms with van der Waals surface area (Å²) in [5.41, 5.74) is 4.79. The van der Waals surface area contributed by atoms with Crippen LogP contribution < -0.4 is 9.47 Å². The van der Waals surface area contributed by atoms with Crippen LogP contribution in [0.3, 0.4) is 0 Å². The molecule has 0 radical (unpaired) electrons. The van der Waals surface area contributed by atoms with Crippen molar-refractivity contribution in [3.63, 3.8) is 0 Å². The Hall–Kier alpha value is -2.84. The van der Waals surface area contributed by atoms with E-state index in [-0.39, 0.29) is 0 Å². The Morgan fingerprint density at radius 1 is 1.09 bits per heavy atom. The van der Waals surface area contributed by atoms with Gasteiger partial charge >= 0.3 is 0 Å². The van der Waals surface area contributed by atoms with Crippen LogP contribution in [0.5, 0.6) is 11.5 Å². The van der Waals surface area contributed by atoms with Crippen LogP contribution in [0.2, 0.25) is 5.02 Å². The fourth-order valence-electron chi connectivity index (χ4n) is 3.82. The first kappa shape index (κ1) is 21.0. The summed E-state index contributed by atoms with van der Waals surface area (Å²) < 4.78 is 13.1. The van der Waals surface area contributed by atoms with Crippen LogP contribution in [0.4, 0.5) is 0 Å². The molecular weight excluding hydrogens is 446 g/mol. The predicted molar refractivity (Wildman–Crippen MR) is 127 cm³/mol. The molecule has 0 N–H and O–H groups in total. The Balaban J connectivity index is 1.78. The number of rotatable bonds is 6. The van der Waals surface area contributed by atoms with Gasteiger partial charge in [-0.2, -0.15) is 5.10 Å². The predicted octanol–water partition coefficient (Wildman–Crippen LogP) is 5.59. The van der Waals surface area contributed by atoms with Gasteiger partial charge in [-0.1, -0.05) is 23.4 Å². The molecule has 1 aromatic carbocycles. The number of aromatic nitrogens is 5. The summed E-state index contributed by atoms with van der Waals surface area (Å²) in [6.45, 7) is 1.96. The van der Waals surface area contributed by atoms with Crippen LogP contribution in [0.1, 0.15) is 24.4 Å². The first-order valence-corrected chi connectivity index (χ1v) is 11.8. The molecule has 0 atom stereocenters. The Labute approximate surface area is 195 Å². The third kappa shape index (κ3) is 3.57. The van der Waals surface area contributed by atoms with Crippen molar-refractivity contribution < 1.29 is 9.47 Å². The minimum absolute atomic E-state index is 0.480. The highest BCUT2D eigenvalue weighted by atomic mass is 35.5. The minimum atomic E-state index is 0.480. The number of nitrogens with zero attached hydrogens (tertiary/aromatic N) is 5. The molecule has 9 heteroatoms. The highest BCUT2D eigenvalue weighted by Crippen LogP contribution is 2.44. The number of hydrogen-bond donors (Lipinski definition) is 0. The molecule has 0 unspecified atom stereocenters. The van der Waals surface area contributed by atoms with E-state index in [1.54, 1.807) is 20.3 Å². The van der Waals surface area contributed by atoms with Crippen LogP contribution in [-0.4, -0.2) is 45.2 Å². The number of thioether (sulfide) groups is 1. The van der Waals surface area contributed by atoms with Crippen molar-refractivity contribution >= 4 is 34.3 Å². The smallest absolute Gasteiger partial charge is 0.187 e. The lowest BCUT2D eigenvalue weighted by Gasteiger charge is -2.16. The van der Waals surface area contributed by atoms with Crippen molar-refractivity contribution in [3.8, 4) is 34.0 Å². The van der Waals surface area contributed by atoms with Gasteiger partial charge in [0.1, 0.15) is 22.7 Å². The van der Waals surface area contributed by atoms with E-state index in [2.05, 4.69) is 10.1 Å². The van der Waals surface area contributed by atoms with Crippen LogP contribution >= 0.6 is 23.4 Å². The summed E-state index contributed by atoms with van der Waals surface area (Å²) >= 11 is 8.26. The van der Waals surface area contributed by atoms with Crippen molar-refractivity contribution in [1.82, 2.24) is 24.7 Å². The fourth-order valence-corrected chi connectivity index (χ4v) is 4.53. The molecule has 3 aromatic heterocycles. The van der Waals surface area contributed by atoms with E-state index in [0.29, 0.717) is 33.4 Å². The Kier molecular flexibility index (Phi) is 5.43. The molecule has 1 saturated carbocycles. The maximum Gasteiger partial charge on any atom is 0.187 e. The Bertz CT molecular complexity index is 1310. The van der Waals surface area contributed by atoms with E-state index in [1.165, 1.54) is 11.8 Å². The fraction of sp³-hybridized carbons (Fsp3) is 0.304. The molecule has 3 heterocycles. The zero-order chi connectivity index (χ0) is 22.4. The van der Waals surface area contributed by atoms with Crippen LogP contribution in [0.25, 0.3) is 33.4 Å². The third-order valence-corrected chi connectivity index (χ3v) is 6.60. The Morgan fingerprint density at radius 2 is 1.88 bits per heavy atom. The number of ether oxygens (including phenoxy) is 2. The quantitative estimate of drug-likeness (QED) is 0.270. The van der Waals surface area contributed by atoms with Gasteiger partial charge in [-0.15, -0.1) is 0 Å². The maximum atomic E-state index is 6.76. The van der Waals surface area contributed by atoms with Gasteiger partial charge in [0.15, 0.2) is 5.16 Å². The highest BCUT2D eigenvalue weighted by molar-refractivity contribution is 7.98. The summed E-state index contributed by atoms with van der Waals surface area (Å²) in [7, 11) is 3.21. The number of methoxy groups -OCH3 is 2. The van der Waals surface area contributed by atoms with Gasteiger partial charge in [-0.25, -0.2) is 15.0 Å². The van der Waals surface area contributed by atoms with Gasteiger partial charge in [0.2, 0.25) is 0 Å². The number of benzene rings is 1. The second kappa shape index (κ2) is 8.26. The maximum absolute atomic E-state index is 6.76. The van der Waals surface area contributed by atoms with Crippen molar-refractivity contribution in [2.24, 2.45) is 0 Å². The van der Waals surface area contributed by atoms with E-state index in [0.717, 1.165) is 46.1 Å². The third-order valence-electron chi connectivity index (χ3n) is 5.66. The van der Waals surface area contributed by atoms with Gasteiger partial charge in [-0.3, -0.25) is 4.68 Å². The van der Waals surface area contributed by atoms with Crippen LogP contribution in [0.15, 0.2) is 35.9 Å².